The van der Waals surface area contributed by atoms with Gasteiger partial charge in [-0.1, -0.05) is 66.7 Å². The van der Waals surface area contributed by atoms with Crippen LogP contribution in [0, 0.1) is 0 Å². The van der Waals surface area contributed by atoms with E-state index < -0.39 is 0 Å². The van der Waals surface area contributed by atoms with Crippen LogP contribution >= 0.6 is 11.3 Å². The molecule has 4 rings (SSSR count). The fourth-order valence-corrected chi connectivity index (χ4v) is 3.24. The predicted molar refractivity (Wildman–Crippen MR) is 92.8 cm³/mol. The van der Waals surface area contributed by atoms with Crippen molar-refractivity contribution in [1.82, 2.24) is 9.97 Å². The van der Waals surface area contributed by atoms with Crippen LogP contribution in [-0.4, -0.2) is 9.97 Å². The molecule has 1 N–H and O–H groups in total. The molecule has 0 radical (unpaired) electrons. The number of thiophene rings is 1. The number of benzene rings is 2. The second kappa shape index (κ2) is 5.62. The third-order valence-electron chi connectivity index (χ3n) is 3.57. The zero-order valence-electron chi connectivity index (χ0n) is 11.9. The van der Waals surface area contributed by atoms with E-state index in [-0.39, 0.29) is 0 Å². The molecule has 0 atom stereocenters. The zero-order valence-corrected chi connectivity index (χ0v) is 12.7. The Morgan fingerprint density at radius 2 is 1.41 bits per heavy atom. The maximum atomic E-state index is 4.86. The van der Waals surface area contributed by atoms with Gasteiger partial charge in [0.05, 0.1) is 16.3 Å². The third kappa shape index (κ3) is 2.36. The van der Waals surface area contributed by atoms with E-state index in [1.807, 2.05) is 36.4 Å². The number of nitrogens with one attached hydrogen (secondary N) is 1. The molecule has 0 saturated carbocycles. The highest BCUT2D eigenvalue weighted by molar-refractivity contribution is 7.13. The third-order valence-corrected chi connectivity index (χ3v) is 4.45. The van der Waals surface area contributed by atoms with Crippen LogP contribution in [0.4, 0.5) is 0 Å². The van der Waals surface area contributed by atoms with Gasteiger partial charge >= 0.3 is 0 Å². The number of hydrogen-bond donors (Lipinski definition) is 1. The van der Waals surface area contributed by atoms with Crippen molar-refractivity contribution >= 4 is 11.3 Å². The minimum absolute atomic E-state index is 0.905. The van der Waals surface area contributed by atoms with Gasteiger partial charge in [-0.15, -0.1) is 11.3 Å². The molecule has 0 unspecified atom stereocenters. The summed E-state index contributed by atoms with van der Waals surface area (Å²) in [6.07, 6.45) is 0. The van der Waals surface area contributed by atoms with Crippen LogP contribution in [0.2, 0.25) is 0 Å². The van der Waals surface area contributed by atoms with Crippen LogP contribution in [0.1, 0.15) is 0 Å². The quantitative estimate of drug-likeness (QED) is 0.534. The first kappa shape index (κ1) is 13.0. The molecule has 0 bridgehead atoms. The normalized spacial score (nSPS) is 10.7. The van der Waals surface area contributed by atoms with Crippen LogP contribution in [0.15, 0.2) is 78.2 Å². The van der Waals surface area contributed by atoms with E-state index in [1.165, 1.54) is 4.88 Å². The predicted octanol–water partition coefficient (Wildman–Crippen LogP) is 5.47. The van der Waals surface area contributed by atoms with Gasteiger partial charge in [0, 0.05) is 11.1 Å². The van der Waals surface area contributed by atoms with E-state index in [0.29, 0.717) is 0 Å². The fraction of sp³-hybridized carbons (Fsp3) is 0. The molecule has 3 heteroatoms. The SMILES string of the molecule is c1ccc(-c2nc(-c3ccccc3)c(-c3cccs3)[nH]2)cc1. The van der Waals surface area contributed by atoms with Crippen molar-refractivity contribution in [3.8, 4) is 33.2 Å². The summed E-state index contributed by atoms with van der Waals surface area (Å²) in [6.45, 7) is 0. The Balaban J connectivity index is 1.91. The monoisotopic (exact) mass is 302 g/mol. The average Bonchev–Trinajstić information content (AvgIpc) is 3.26. The summed E-state index contributed by atoms with van der Waals surface area (Å²) < 4.78 is 0. The van der Waals surface area contributed by atoms with E-state index in [0.717, 1.165) is 28.3 Å². The van der Waals surface area contributed by atoms with Crippen molar-refractivity contribution in [2.45, 2.75) is 0 Å². The Hall–Kier alpha value is -2.65. The highest BCUT2D eigenvalue weighted by atomic mass is 32.1. The largest absolute Gasteiger partial charge is 0.337 e. The molecule has 4 aromatic rings. The molecular weight excluding hydrogens is 288 g/mol. The minimum atomic E-state index is 0.905. The van der Waals surface area contributed by atoms with Crippen LogP contribution in [0.25, 0.3) is 33.2 Å². The van der Waals surface area contributed by atoms with E-state index in [2.05, 4.69) is 46.8 Å². The van der Waals surface area contributed by atoms with Gasteiger partial charge in [-0.05, 0) is 11.4 Å². The van der Waals surface area contributed by atoms with E-state index in [9.17, 15) is 0 Å². The van der Waals surface area contributed by atoms with Crippen LogP contribution < -0.4 is 0 Å². The van der Waals surface area contributed by atoms with E-state index in [1.54, 1.807) is 11.3 Å². The first-order chi connectivity index (χ1) is 10.9. The summed E-state index contributed by atoms with van der Waals surface area (Å²) in [5, 5.41) is 2.09. The topological polar surface area (TPSA) is 28.7 Å². The van der Waals surface area contributed by atoms with E-state index in [4.69, 9.17) is 4.98 Å². The van der Waals surface area contributed by atoms with Gasteiger partial charge in [0.1, 0.15) is 5.82 Å². The second-order valence-corrected chi connectivity index (χ2v) is 5.97. The number of rotatable bonds is 3. The fourth-order valence-electron chi connectivity index (χ4n) is 2.51. The van der Waals surface area contributed by atoms with Gasteiger partial charge in [0.25, 0.3) is 0 Å². The van der Waals surface area contributed by atoms with Gasteiger partial charge in [0.2, 0.25) is 0 Å². The Bertz CT molecular complexity index is 862. The molecule has 0 amide bonds. The molecule has 2 aromatic carbocycles. The Morgan fingerprint density at radius 1 is 0.727 bits per heavy atom. The summed E-state index contributed by atoms with van der Waals surface area (Å²) in [7, 11) is 0. The molecule has 2 heterocycles. The summed E-state index contributed by atoms with van der Waals surface area (Å²) in [5.41, 5.74) is 4.31. The highest BCUT2D eigenvalue weighted by Crippen LogP contribution is 2.34. The van der Waals surface area contributed by atoms with Gasteiger partial charge in [0.15, 0.2) is 0 Å². The molecule has 2 aromatic heterocycles. The molecule has 0 aliphatic rings. The minimum Gasteiger partial charge on any atom is -0.337 e. The Morgan fingerprint density at radius 3 is 2.05 bits per heavy atom. The lowest BCUT2D eigenvalue weighted by atomic mass is 10.1. The second-order valence-electron chi connectivity index (χ2n) is 5.02. The number of imidazole rings is 1. The van der Waals surface area contributed by atoms with Gasteiger partial charge in [-0.25, -0.2) is 4.98 Å². The maximum Gasteiger partial charge on any atom is 0.138 e. The molecule has 0 aliphatic carbocycles. The van der Waals surface area contributed by atoms with Crippen LogP contribution in [0.3, 0.4) is 0 Å². The molecular formula is C19H14N2S. The molecule has 0 aliphatic heterocycles. The average molecular weight is 302 g/mol. The van der Waals surface area contributed by atoms with Crippen molar-refractivity contribution in [2.75, 3.05) is 0 Å². The van der Waals surface area contributed by atoms with Crippen molar-refractivity contribution in [2.24, 2.45) is 0 Å². The van der Waals surface area contributed by atoms with Crippen molar-refractivity contribution < 1.29 is 0 Å². The molecule has 0 saturated heterocycles. The number of H-pyrrole nitrogens is 1. The first-order valence-electron chi connectivity index (χ1n) is 7.16. The summed E-state index contributed by atoms with van der Waals surface area (Å²) in [4.78, 5) is 9.56. The number of hydrogen-bond acceptors (Lipinski definition) is 2. The number of aromatic nitrogens is 2. The number of aromatic amines is 1. The molecule has 22 heavy (non-hydrogen) atoms. The molecule has 106 valence electrons. The molecule has 0 spiro atoms. The van der Waals surface area contributed by atoms with Gasteiger partial charge in [-0.3, -0.25) is 0 Å². The van der Waals surface area contributed by atoms with Crippen molar-refractivity contribution in [3.63, 3.8) is 0 Å². The highest BCUT2D eigenvalue weighted by Gasteiger charge is 2.15. The Labute approximate surface area is 133 Å². The van der Waals surface area contributed by atoms with Crippen molar-refractivity contribution in [3.05, 3.63) is 78.2 Å². The maximum absolute atomic E-state index is 4.86. The smallest absolute Gasteiger partial charge is 0.138 e. The van der Waals surface area contributed by atoms with Crippen molar-refractivity contribution in [1.29, 1.82) is 0 Å². The first-order valence-corrected chi connectivity index (χ1v) is 8.04. The lowest BCUT2D eigenvalue weighted by Crippen LogP contribution is -1.80. The number of nitrogens with zero attached hydrogens (tertiary/aromatic N) is 1. The molecule has 0 fully saturated rings. The standard InChI is InChI=1S/C19H14N2S/c1-3-8-14(9-4-1)17-18(16-12-7-13-22-16)21-19(20-17)15-10-5-2-6-11-15/h1-13H,(H,20,21). The van der Waals surface area contributed by atoms with Gasteiger partial charge in [-0.2, -0.15) is 0 Å². The lowest BCUT2D eigenvalue weighted by molar-refractivity contribution is 1.31. The zero-order chi connectivity index (χ0) is 14.8. The summed E-state index contributed by atoms with van der Waals surface area (Å²) in [6, 6.07) is 24.7. The summed E-state index contributed by atoms with van der Waals surface area (Å²) in [5.74, 6) is 0.905. The van der Waals surface area contributed by atoms with Crippen LogP contribution in [-0.2, 0) is 0 Å². The van der Waals surface area contributed by atoms with E-state index >= 15 is 0 Å². The lowest BCUT2D eigenvalue weighted by Gasteiger charge is -1.99. The molecule has 2 nitrogen and oxygen atoms in total. The van der Waals surface area contributed by atoms with Gasteiger partial charge < -0.3 is 4.98 Å². The van der Waals surface area contributed by atoms with Crippen LogP contribution in [0.5, 0.6) is 0 Å². The summed E-state index contributed by atoms with van der Waals surface area (Å²) >= 11 is 1.72. The Kier molecular flexibility index (Phi) is 3.33.